The molecule has 0 heterocycles. The molecule has 0 aromatic heterocycles. The zero-order valence-corrected chi connectivity index (χ0v) is 13.1. The summed E-state index contributed by atoms with van der Waals surface area (Å²) in [7, 11) is 1.66. The van der Waals surface area contributed by atoms with E-state index in [0.717, 1.165) is 11.3 Å². The van der Waals surface area contributed by atoms with Crippen LogP contribution in [0.25, 0.3) is 0 Å². The number of benzene rings is 1. The van der Waals surface area contributed by atoms with Crippen molar-refractivity contribution in [2.45, 2.75) is 32.7 Å². The minimum atomic E-state index is -0.121. The first-order chi connectivity index (χ1) is 10.1. The predicted molar refractivity (Wildman–Crippen MR) is 84.0 cm³/mol. The van der Waals surface area contributed by atoms with Gasteiger partial charge in [0.1, 0.15) is 5.75 Å². The molecule has 2 rings (SSSR count). The summed E-state index contributed by atoms with van der Waals surface area (Å²) in [6, 6.07) is 8.06. The van der Waals surface area contributed by atoms with Gasteiger partial charge in [0.05, 0.1) is 19.1 Å². The first-order valence-corrected chi connectivity index (χ1v) is 7.71. The van der Waals surface area contributed by atoms with Gasteiger partial charge in [-0.15, -0.1) is 0 Å². The van der Waals surface area contributed by atoms with Crippen LogP contribution in [0, 0.1) is 17.8 Å². The third kappa shape index (κ3) is 3.97. The number of hydrogen-bond acceptors (Lipinski definition) is 3. The molecule has 1 saturated carbocycles. The number of amides is 1. The maximum atomic E-state index is 12.4. The number of carbonyl (C=O) groups is 1. The van der Waals surface area contributed by atoms with Crippen LogP contribution in [0.15, 0.2) is 24.3 Å². The van der Waals surface area contributed by atoms with Crippen molar-refractivity contribution >= 4 is 5.91 Å². The first kappa shape index (κ1) is 15.8. The Morgan fingerprint density at radius 3 is 2.38 bits per heavy atom. The molecule has 1 aliphatic rings. The molecule has 2 atom stereocenters. The molecule has 3 N–H and O–H groups in total. The molecule has 0 saturated heterocycles. The van der Waals surface area contributed by atoms with Crippen molar-refractivity contribution in [3.8, 4) is 5.75 Å². The maximum Gasteiger partial charge on any atom is 0.225 e. The molecule has 1 aromatic rings. The second kappa shape index (κ2) is 6.94. The summed E-state index contributed by atoms with van der Waals surface area (Å²) < 4.78 is 5.19. The minimum Gasteiger partial charge on any atom is -0.497 e. The van der Waals surface area contributed by atoms with E-state index in [9.17, 15) is 4.79 Å². The van der Waals surface area contributed by atoms with Crippen LogP contribution in [-0.4, -0.2) is 19.6 Å². The molecule has 116 valence electrons. The highest BCUT2D eigenvalue weighted by Crippen LogP contribution is 2.41. The fourth-order valence-electron chi connectivity index (χ4n) is 2.66. The lowest BCUT2D eigenvalue weighted by atomic mass is 9.93. The van der Waals surface area contributed by atoms with Crippen molar-refractivity contribution in [1.29, 1.82) is 0 Å². The Morgan fingerprint density at radius 2 is 1.95 bits per heavy atom. The summed E-state index contributed by atoms with van der Waals surface area (Å²) in [5.74, 6) is 1.59. The van der Waals surface area contributed by atoms with Gasteiger partial charge < -0.3 is 15.8 Å². The van der Waals surface area contributed by atoms with Crippen molar-refractivity contribution in [1.82, 2.24) is 5.32 Å². The Bertz CT molecular complexity index is 466. The molecule has 0 spiro atoms. The first-order valence-electron chi connectivity index (χ1n) is 7.71. The Hall–Kier alpha value is -1.55. The van der Waals surface area contributed by atoms with Gasteiger partial charge in [0, 0.05) is 6.54 Å². The molecule has 4 heteroatoms. The molecule has 1 fully saturated rings. The standard InChI is InChI=1S/C17H26N2O2/c1-11(2)15(10-18)17(20)19-16(12-4-5-12)13-6-8-14(21-3)9-7-13/h6-9,11-12,15-16H,4-5,10,18H2,1-3H3,(H,19,20). The van der Waals surface area contributed by atoms with Crippen LogP contribution in [-0.2, 0) is 4.79 Å². The largest absolute Gasteiger partial charge is 0.497 e. The van der Waals surface area contributed by atoms with Gasteiger partial charge in [0.25, 0.3) is 0 Å². The second-order valence-corrected chi connectivity index (χ2v) is 6.18. The molecule has 0 aliphatic heterocycles. The lowest BCUT2D eigenvalue weighted by Crippen LogP contribution is -2.40. The number of methoxy groups -OCH3 is 1. The number of nitrogens with one attached hydrogen (secondary N) is 1. The summed E-state index contributed by atoms with van der Waals surface area (Å²) in [5, 5.41) is 3.21. The van der Waals surface area contributed by atoms with Gasteiger partial charge in [0.2, 0.25) is 5.91 Å². The molecule has 4 nitrogen and oxygen atoms in total. The van der Waals surface area contributed by atoms with Crippen molar-refractivity contribution in [3.05, 3.63) is 29.8 Å². The van der Waals surface area contributed by atoms with E-state index >= 15 is 0 Å². The normalized spacial score (nSPS) is 17.4. The average Bonchev–Trinajstić information content (AvgIpc) is 3.30. The third-order valence-corrected chi connectivity index (χ3v) is 4.26. The third-order valence-electron chi connectivity index (χ3n) is 4.26. The number of rotatable bonds is 7. The Labute approximate surface area is 127 Å². The number of carbonyl (C=O) groups excluding carboxylic acids is 1. The van der Waals surface area contributed by atoms with Crippen LogP contribution in [0.1, 0.15) is 38.3 Å². The Morgan fingerprint density at radius 1 is 1.33 bits per heavy atom. The molecule has 1 amide bonds. The van der Waals surface area contributed by atoms with Gasteiger partial charge in [0.15, 0.2) is 0 Å². The van der Waals surface area contributed by atoms with Crippen molar-refractivity contribution in [2.24, 2.45) is 23.5 Å². The van der Waals surface area contributed by atoms with Crippen molar-refractivity contribution in [3.63, 3.8) is 0 Å². The highest BCUT2D eigenvalue weighted by atomic mass is 16.5. The highest BCUT2D eigenvalue weighted by molar-refractivity contribution is 5.79. The summed E-state index contributed by atoms with van der Waals surface area (Å²) in [4.78, 5) is 12.4. The van der Waals surface area contributed by atoms with E-state index in [4.69, 9.17) is 10.5 Å². The average molecular weight is 290 g/mol. The van der Waals surface area contributed by atoms with Crippen LogP contribution in [0.5, 0.6) is 5.75 Å². The molecule has 0 bridgehead atoms. The van der Waals surface area contributed by atoms with Gasteiger partial charge >= 0.3 is 0 Å². The maximum absolute atomic E-state index is 12.4. The fourth-order valence-corrected chi connectivity index (χ4v) is 2.66. The lowest BCUT2D eigenvalue weighted by Gasteiger charge is -2.24. The Kier molecular flexibility index (Phi) is 5.23. The van der Waals surface area contributed by atoms with Gasteiger partial charge in [-0.25, -0.2) is 0 Å². The summed E-state index contributed by atoms with van der Waals surface area (Å²) in [5.41, 5.74) is 6.89. The molecule has 0 radical (unpaired) electrons. The SMILES string of the molecule is COc1ccc(C(NC(=O)C(CN)C(C)C)C2CC2)cc1. The fraction of sp³-hybridized carbons (Fsp3) is 0.588. The summed E-state index contributed by atoms with van der Waals surface area (Å²) >= 11 is 0. The van der Waals surface area contributed by atoms with E-state index in [2.05, 4.69) is 5.32 Å². The highest BCUT2D eigenvalue weighted by Gasteiger charge is 2.35. The van der Waals surface area contributed by atoms with Crippen LogP contribution < -0.4 is 15.8 Å². The minimum absolute atomic E-state index is 0.0696. The van der Waals surface area contributed by atoms with Crippen LogP contribution >= 0.6 is 0 Å². The van der Waals surface area contributed by atoms with E-state index in [1.165, 1.54) is 12.8 Å². The van der Waals surface area contributed by atoms with E-state index in [1.807, 2.05) is 38.1 Å². The molecular formula is C17H26N2O2. The smallest absolute Gasteiger partial charge is 0.225 e. The Balaban J connectivity index is 2.10. The monoisotopic (exact) mass is 290 g/mol. The van der Waals surface area contributed by atoms with Gasteiger partial charge in [-0.2, -0.15) is 0 Å². The summed E-state index contributed by atoms with van der Waals surface area (Å²) in [6.45, 7) is 4.47. The van der Waals surface area contributed by atoms with Gasteiger partial charge in [-0.1, -0.05) is 26.0 Å². The molecule has 1 aromatic carbocycles. The van der Waals surface area contributed by atoms with Crippen LogP contribution in [0.3, 0.4) is 0 Å². The topological polar surface area (TPSA) is 64.3 Å². The molecule has 2 unspecified atom stereocenters. The van der Waals surface area contributed by atoms with Gasteiger partial charge in [-0.3, -0.25) is 4.79 Å². The number of nitrogens with two attached hydrogens (primary N) is 1. The molecule has 21 heavy (non-hydrogen) atoms. The predicted octanol–water partition coefficient (Wildman–Crippen LogP) is 2.49. The van der Waals surface area contributed by atoms with E-state index in [-0.39, 0.29) is 23.8 Å². The van der Waals surface area contributed by atoms with E-state index in [1.54, 1.807) is 7.11 Å². The zero-order valence-electron chi connectivity index (χ0n) is 13.1. The summed E-state index contributed by atoms with van der Waals surface area (Å²) in [6.07, 6.45) is 2.35. The van der Waals surface area contributed by atoms with Gasteiger partial charge in [-0.05, 0) is 42.4 Å². The lowest BCUT2D eigenvalue weighted by molar-refractivity contribution is -0.126. The number of hydrogen-bond donors (Lipinski definition) is 2. The van der Waals surface area contributed by atoms with E-state index < -0.39 is 0 Å². The number of ether oxygens (including phenoxy) is 1. The second-order valence-electron chi connectivity index (χ2n) is 6.18. The van der Waals surface area contributed by atoms with Crippen LogP contribution in [0.2, 0.25) is 0 Å². The molecular weight excluding hydrogens is 264 g/mol. The van der Waals surface area contributed by atoms with E-state index in [0.29, 0.717) is 12.5 Å². The molecule has 1 aliphatic carbocycles. The van der Waals surface area contributed by atoms with Crippen LogP contribution in [0.4, 0.5) is 0 Å². The quantitative estimate of drug-likeness (QED) is 0.811. The van der Waals surface area contributed by atoms with Crippen molar-refractivity contribution in [2.75, 3.05) is 13.7 Å². The van der Waals surface area contributed by atoms with Crippen molar-refractivity contribution < 1.29 is 9.53 Å². The zero-order chi connectivity index (χ0) is 15.4.